The smallest absolute Gasteiger partial charge is 0.255 e. The first-order valence-electron chi connectivity index (χ1n) is 9.38. The number of nitrogens with zero attached hydrogens (tertiary/aromatic N) is 4. The van der Waals surface area contributed by atoms with Crippen molar-refractivity contribution in [3.05, 3.63) is 57.3 Å². The van der Waals surface area contributed by atoms with Crippen LogP contribution < -0.4 is 0 Å². The summed E-state index contributed by atoms with van der Waals surface area (Å²) in [4.78, 5) is 28.5. The molecule has 4 rings (SSSR count). The van der Waals surface area contributed by atoms with E-state index in [2.05, 4.69) is 10.2 Å². The average Bonchev–Trinajstić information content (AvgIpc) is 3.43. The molecular formula is C20H18ClFN4O3S. The number of carbonyl (C=O) groups excluding carboxylic acids is 2. The Morgan fingerprint density at radius 3 is 2.60 bits per heavy atom. The lowest BCUT2D eigenvalue weighted by Gasteiger charge is -2.35. The van der Waals surface area contributed by atoms with Gasteiger partial charge in [0.1, 0.15) is 5.82 Å². The van der Waals surface area contributed by atoms with Gasteiger partial charge < -0.3 is 14.2 Å². The molecule has 2 amide bonds. The topological polar surface area (TPSA) is 79.5 Å². The molecule has 30 heavy (non-hydrogen) atoms. The molecule has 10 heteroatoms. The van der Waals surface area contributed by atoms with E-state index in [4.69, 9.17) is 16.0 Å². The van der Waals surface area contributed by atoms with Gasteiger partial charge >= 0.3 is 0 Å². The molecule has 0 aliphatic carbocycles. The summed E-state index contributed by atoms with van der Waals surface area (Å²) in [6.45, 7) is 1.63. The lowest BCUT2D eigenvalue weighted by molar-refractivity contribution is -0.132. The molecule has 1 aliphatic rings. The van der Waals surface area contributed by atoms with E-state index in [9.17, 15) is 14.0 Å². The Morgan fingerprint density at radius 1 is 1.13 bits per heavy atom. The second kappa shape index (κ2) is 8.93. The fourth-order valence-electron chi connectivity index (χ4n) is 3.22. The minimum atomic E-state index is -0.490. The van der Waals surface area contributed by atoms with Gasteiger partial charge in [0.15, 0.2) is 0 Å². The van der Waals surface area contributed by atoms with Crippen molar-refractivity contribution in [1.29, 1.82) is 0 Å². The molecule has 156 valence electrons. The molecule has 0 saturated carbocycles. The Kier molecular flexibility index (Phi) is 6.10. The summed E-state index contributed by atoms with van der Waals surface area (Å²) in [5, 5.41) is 11.9. The number of hydrogen-bond donors (Lipinski definition) is 0. The summed E-state index contributed by atoms with van der Waals surface area (Å²) >= 11 is 7.53. The molecule has 1 aromatic carbocycles. The summed E-state index contributed by atoms with van der Waals surface area (Å²) in [6, 6.07) is 5.61. The Labute approximate surface area is 181 Å². The van der Waals surface area contributed by atoms with E-state index in [1.54, 1.807) is 21.1 Å². The minimum Gasteiger partial charge on any atom is -0.421 e. The first kappa shape index (κ1) is 20.5. The SMILES string of the molecule is O=C(CCc1nnc(-c2ccsc2)o1)N1CCN(C(=O)c2ccc(F)cc2Cl)CC1. The molecule has 3 heterocycles. The van der Waals surface area contributed by atoms with Crippen molar-refractivity contribution in [2.45, 2.75) is 12.8 Å². The van der Waals surface area contributed by atoms with Crippen molar-refractivity contribution in [2.24, 2.45) is 0 Å². The molecule has 1 fully saturated rings. The molecule has 0 atom stereocenters. The minimum absolute atomic E-state index is 0.0304. The number of amides is 2. The molecule has 0 unspecified atom stereocenters. The fraction of sp³-hybridized carbons (Fsp3) is 0.300. The number of carbonyl (C=O) groups is 2. The van der Waals surface area contributed by atoms with Crippen molar-refractivity contribution < 1.29 is 18.4 Å². The monoisotopic (exact) mass is 448 g/mol. The van der Waals surface area contributed by atoms with Gasteiger partial charge in [-0.15, -0.1) is 10.2 Å². The van der Waals surface area contributed by atoms with Gasteiger partial charge in [0.05, 0.1) is 10.6 Å². The standard InChI is InChI=1S/C20H18ClFN4O3S/c21-16-11-14(22)1-2-15(16)20(28)26-8-6-25(7-9-26)18(27)4-3-17-23-24-19(29-17)13-5-10-30-12-13/h1-2,5,10-12H,3-4,6-9H2. The second-order valence-electron chi connectivity index (χ2n) is 6.81. The normalized spacial score (nSPS) is 14.2. The summed E-state index contributed by atoms with van der Waals surface area (Å²) in [5.74, 6) is 0.0846. The van der Waals surface area contributed by atoms with Gasteiger partial charge in [-0.25, -0.2) is 4.39 Å². The molecule has 1 saturated heterocycles. The third-order valence-electron chi connectivity index (χ3n) is 4.87. The molecule has 0 spiro atoms. The lowest BCUT2D eigenvalue weighted by Crippen LogP contribution is -2.50. The zero-order chi connectivity index (χ0) is 21.1. The number of hydrogen-bond acceptors (Lipinski definition) is 6. The maximum Gasteiger partial charge on any atom is 0.255 e. The zero-order valence-electron chi connectivity index (χ0n) is 15.9. The van der Waals surface area contributed by atoms with Gasteiger partial charge in [0.25, 0.3) is 5.91 Å². The van der Waals surface area contributed by atoms with E-state index >= 15 is 0 Å². The molecule has 1 aliphatic heterocycles. The highest BCUT2D eigenvalue weighted by Crippen LogP contribution is 2.22. The van der Waals surface area contributed by atoms with Gasteiger partial charge in [-0.1, -0.05) is 11.6 Å². The number of aromatic nitrogens is 2. The Hall–Kier alpha value is -2.78. The fourth-order valence-corrected chi connectivity index (χ4v) is 4.10. The first-order valence-corrected chi connectivity index (χ1v) is 10.7. The predicted molar refractivity (Wildman–Crippen MR) is 110 cm³/mol. The van der Waals surface area contributed by atoms with E-state index in [-0.39, 0.29) is 28.8 Å². The summed E-state index contributed by atoms with van der Waals surface area (Å²) < 4.78 is 18.8. The van der Waals surface area contributed by atoms with Crippen LogP contribution in [-0.4, -0.2) is 58.0 Å². The van der Waals surface area contributed by atoms with E-state index < -0.39 is 5.82 Å². The molecule has 0 N–H and O–H groups in total. The van der Waals surface area contributed by atoms with Crippen LogP contribution >= 0.6 is 22.9 Å². The average molecular weight is 449 g/mol. The van der Waals surface area contributed by atoms with Crippen molar-refractivity contribution in [2.75, 3.05) is 26.2 Å². The van der Waals surface area contributed by atoms with Crippen LogP contribution in [0.4, 0.5) is 4.39 Å². The van der Waals surface area contributed by atoms with E-state index in [0.717, 1.165) is 11.6 Å². The second-order valence-corrected chi connectivity index (χ2v) is 8.00. The van der Waals surface area contributed by atoms with E-state index in [1.807, 2.05) is 16.8 Å². The van der Waals surface area contributed by atoms with Crippen molar-refractivity contribution >= 4 is 34.8 Å². The highest BCUT2D eigenvalue weighted by atomic mass is 35.5. The third kappa shape index (κ3) is 4.52. The van der Waals surface area contributed by atoms with Gasteiger partial charge in [-0.05, 0) is 29.6 Å². The summed E-state index contributed by atoms with van der Waals surface area (Å²) in [5.41, 5.74) is 1.13. The van der Waals surface area contributed by atoms with Gasteiger partial charge in [0.2, 0.25) is 17.7 Å². The number of piperazine rings is 1. The van der Waals surface area contributed by atoms with Crippen LogP contribution in [0.3, 0.4) is 0 Å². The van der Waals surface area contributed by atoms with Crippen LogP contribution in [0.15, 0.2) is 39.4 Å². The summed E-state index contributed by atoms with van der Waals surface area (Å²) in [7, 11) is 0. The molecule has 3 aromatic rings. The van der Waals surface area contributed by atoms with E-state index in [0.29, 0.717) is 44.4 Å². The zero-order valence-corrected chi connectivity index (χ0v) is 17.5. The van der Waals surface area contributed by atoms with Gasteiger partial charge in [0, 0.05) is 50.0 Å². The third-order valence-corrected chi connectivity index (χ3v) is 5.86. The molecule has 0 radical (unpaired) electrons. The molecule has 2 aromatic heterocycles. The molecule has 7 nitrogen and oxygen atoms in total. The first-order chi connectivity index (χ1) is 14.5. The quantitative estimate of drug-likeness (QED) is 0.596. The maximum atomic E-state index is 13.2. The molecule has 0 bridgehead atoms. The van der Waals surface area contributed by atoms with Crippen LogP contribution in [-0.2, 0) is 11.2 Å². The maximum absolute atomic E-state index is 13.2. The van der Waals surface area contributed by atoms with Crippen LogP contribution in [0.2, 0.25) is 5.02 Å². The largest absolute Gasteiger partial charge is 0.421 e. The Balaban J connectivity index is 1.27. The van der Waals surface area contributed by atoms with Crippen molar-refractivity contribution in [3.63, 3.8) is 0 Å². The van der Waals surface area contributed by atoms with Crippen LogP contribution in [0.25, 0.3) is 11.5 Å². The van der Waals surface area contributed by atoms with Gasteiger partial charge in [-0.3, -0.25) is 9.59 Å². The number of benzene rings is 1. The summed E-state index contributed by atoms with van der Waals surface area (Å²) in [6.07, 6.45) is 0.614. The number of rotatable bonds is 5. The van der Waals surface area contributed by atoms with Crippen molar-refractivity contribution in [1.82, 2.24) is 20.0 Å². The van der Waals surface area contributed by atoms with Crippen LogP contribution in [0.1, 0.15) is 22.7 Å². The lowest BCUT2D eigenvalue weighted by atomic mass is 10.1. The number of thiophene rings is 1. The highest BCUT2D eigenvalue weighted by Gasteiger charge is 2.26. The van der Waals surface area contributed by atoms with E-state index in [1.165, 1.54) is 12.1 Å². The number of aryl methyl sites for hydroxylation is 1. The van der Waals surface area contributed by atoms with Crippen LogP contribution in [0, 0.1) is 5.82 Å². The molecular weight excluding hydrogens is 431 g/mol. The Morgan fingerprint density at radius 2 is 1.90 bits per heavy atom. The highest BCUT2D eigenvalue weighted by molar-refractivity contribution is 7.08. The van der Waals surface area contributed by atoms with Crippen molar-refractivity contribution in [3.8, 4) is 11.5 Å². The Bertz CT molecular complexity index is 1050. The predicted octanol–water partition coefficient (Wildman–Crippen LogP) is 3.51. The number of halogens is 2. The van der Waals surface area contributed by atoms with Crippen LogP contribution in [0.5, 0.6) is 0 Å². The van der Waals surface area contributed by atoms with Gasteiger partial charge in [-0.2, -0.15) is 11.3 Å².